The summed E-state index contributed by atoms with van der Waals surface area (Å²) in [6, 6.07) is 21.3. The third-order valence-corrected chi connectivity index (χ3v) is 5.71. The molecular formula is C31H27F3O3. The zero-order chi connectivity index (χ0) is 26.2. The molecule has 0 saturated heterocycles. The van der Waals surface area contributed by atoms with Gasteiger partial charge in [-0.25, -0.2) is 13.2 Å². The molecule has 0 heterocycles. The first-order chi connectivity index (χ1) is 18.0. The lowest BCUT2D eigenvalue weighted by molar-refractivity contribution is 0.298. The fourth-order valence-corrected chi connectivity index (χ4v) is 3.79. The van der Waals surface area contributed by atoms with Crippen LogP contribution in [0.4, 0.5) is 13.2 Å². The summed E-state index contributed by atoms with van der Waals surface area (Å²) in [4.78, 5) is 0. The average molecular weight is 505 g/mol. The molecule has 0 radical (unpaired) electrons. The SMILES string of the molecule is C=CCCOc1ccc(COc2ccc(-c3ccc(-c4ccc(OCC)cc4)c(F)c3F)cc2)cc1F. The molecule has 0 aromatic heterocycles. The maximum atomic E-state index is 15.0. The summed E-state index contributed by atoms with van der Waals surface area (Å²) in [5, 5.41) is 0. The summed E-state index contributed by atoms with van der Waals surface area (Å²) in [7, 11) is 0. The number of hydrogen-bond acceptors (Lipinski definition) is 3. The van der Waals surface area contributed by atoms with Gasteiger partial charge in [0.2, 0.25) is 0 Å². The van der Waals surface area contributed by atoms with Crippen molar-refractivity contribution in [2.24, 2.45) is 0 Å². The standard InChI is InChI=1S/C31H27F3O3/c1-3-5-18-36-29-17-6-21(19-28(29)32)20-37-25-13-9-23(10-14-25)27-16-15-26(30(33)31(27)34)22-7-11-24(12-8-22)35-4-2/h3,6-17,19H,1,4-5,18,20H2,2H3. The van der Waals surface area contributed by atoms with Crippen molar-refractivity contribution in [3.05, 3.63) is 115 Å². The molecule has 0 unspecified atom stereocenters. The maximum absolute atomic E-state index is 15.0. The van der Waals surface area contributed by atoms with Crippen LogP contribution in [0.15, 0.2) is 91.5 Å². The first kappa shape index (κ1) is 25.9. The molecule has 0 saturated carbocycles. The Hall–Kier alpha value is -4.19. The highest BCUT2D eigenvalue weighted by atomic mass is 19.2. The van der Waals surface area contributed by atoms with E-state index in [2.05, 4.69) is 6.58 Å². The molecule has 0 aliphatic heterocycles. The highest BCUT2D eigenvalue weighted by molar-refractivity contribution is 5.72. The van der Waals surface area contributed by atoms with Gasteiger partial charge in [-0.15, -0.1) is 6.58 Å². The number of halogens is 3. The second kappa shape index (κ2) is 12.2. The molecule has 0 bridgehead atoms. The van der Waals surface area contributed by atoms with Gasteiger partial charge in [-0.2, -0.15) is 0 Å². The molecule has 4 aromatic rings. The molecule has 0 N–H and O–H groups in total. The second-order valence-corrected chi connectivity index (χ2v) is 8.25. The van der Waals surface area contributed by atoms with Gasteiger partial charge in [-0.1, -0.05) is 48.5 Å². The van der Waals surface area contributed by atoms with Crippen LogP contribution in [0.25, 0.3) is 22.3 Å². The molecule has 0 aliphatic rings. The van der Waals surface area contributed by atoms with E-state index < -0.39 is 17.5 Å². The Morgan fingerprint density at radius 3 is 1.78 bits per heavy atom. The van der Waals surface area contributed by atoms with E-state index in [-0.39, 0.29) is 23.5 Å². The Labute approximate surface area is 214 Å². The summed E-state index contributed by atoms with van der Waals surface area (Å²) in [5.74, 6) is -0.944. The summed E-state index contributed by atoms with van der Waals surface area (Å²) in [6.07, 6.45) is 2.33. The van der Waals surface area contributed by atoms with E-state index >= 15 is 0 Å². The average Bonchev–Trinajstić information content (AvgIpc) is 2.91. The van der Waals surface area contributed by atoms with Gasteiger partial charge in [0.25, 0.3) is 0 Å². The molecule has 190 valence electrons. The van der Waals surface area contributed by atoms with Gasteiger partial charge < -0.3 is 14.2 Å². The van der Waals surface area contributed by atoms with E-state index in [9.17, 15) is 13.2 Å². The van der Waals surface area contributed by atoms with E-state index in [4.69, 9.17) is 14.2 Å². The Balaban J connectivity index is 1.43. The summed E-state index contributed by atoms with van der Waals surface area (Å²) >= 11 is 0. The highest BCUT2D eigenvalue weighted by Crippen LogP contribution is 2.33. The molecule has 4 rings (SSSR count). The first-order valence-corrected chi connectivity index (χ1v) is 12.0. The second-order valence-electron chi connectivity index (χ2n) is 8.25. The monoisotopic (exact) mass is 504 g/mol. The largest absolute Gasteiger partial charge is 0.494 e. The van der Waals surface area contributed by atoms with Crippen LogP contribution < -0.4 is 14.2 Å². The van der Waals surface area contributed by atoms with Crippen LogP contribution in [0, 0.1) is 17.5 Å². The fraction of sp³-hybridized carbons (Fsp3) is 0.161. The lowest BCUT2D eigenvalue weighted by Gasteiger charge is -2.12. The molecule has 6 heteroatoms. The molecule has 3 nitrogen and oxygen atoms in total. The maximum Gasteiger partial charge on any atom is 0.167 e. The third-order valence-electron chi connectivity index (χ3n) is 5.71. The first-order valence-electron chi connectivity index (χ1n) is 12.0. The molecule has 0 aliphatic carbocycles. The van der Waals surface area contributed by atoms with Crippen molar-refractivity contribution in [1.82, 2.24) is 0 Å². The zero-order valence-corrected chi connectivity index (χ0v) is 20.5. The van der Waals surface area contributed by atoms with Crippen LogP contribution in [0.5, 0.6) is 17.2 Å². The minimum absolute atomic E-state index is 0.142. The minimum atomic E-state index is -0.925. The number of benzene rings is 4. The Morgan fingerprint density at radius 2 is 1.27 bits per heavy atom. The number of hydrogen-bond donors (Lipinski definition) is 0. The van der Waals surface area contributed by atoms with Crippen LogP contribution in [-0.2, 0) is 6.61 Å². The quantitative estimate of drug-likeness (QED) is 0.152. The van der Waals surface area contributed by atoms with Crippen LogP contribution in [-0.4, -0.2) is 13.2 Å². The van der Waals surface area contributed by atoms with Gasteiger partial charge in [-0.3, -0.25) is 0 Å². The Morgan fingerprint density at radius 1 is 0.703 bits per heavy atom. The molecule has 0 fully saturated rings. The number of rotatable bonds is 11. The van der Waals surface area contributed by atoms with E-state index in [0.29, 0.717) is 47.8 Å². The summed E-state index contributed by atoms with van der Waals surface area (Å²) in [6.45, 7) is 6.51. The van der Waals surface area contributed by atoms with Crippen LogP contribution in [0.3, 0.4) is 0 Å². The van der Waals surface area contributed by atoms with Gasteiger partial charge >= 0.3 is 0 Å². The molecule has 0 atom stereocenters. The van der Waals surface area contributed by atoms with Gasteiger partial charge in [0.15, 0.2) is 23.2 Å². The van der Waals surface area contributed by atoms with Crippen molar-refractivity contribution in [3.63, 3.8) is 0 Å². The molecule has 4 aromatic carbocycles. The lowest BCUT2D eigenvalue weighted by atomic mass is 9.98. The van der Waals surface area contributed by atoms with Crippen molar-refractivity contribution in [2.75, 3.05) is 13.2 Å². The van der Waals surface area contributed by atoms with Crippen molar-refractivity contribution in [1.29, 1.82) is 0 Å². The zero-order valence-electron chi connectivity index (χ0n) is 20.5. The summed E-state index contributed by atoms with van der Waals surface area (Å²) < 4.78 is 60.7. The summed E-state index contributed by atoms with van der Waals surface area (Å²) in [5.41, 5.74) is 2.02. The number of ether oxygens (including phenoxy) is 3. The van der Waals surface area contributed by atoms with Crippen LogP contribution in [0.1, 0.15) is 18.9 Å². The van der Waals surface area contributed by atoms with Crippen molar-refractivity contribution >= 4 is 0 Å². The topological polar surface area (TPSA) is 27.7 Å². The fourth-order valence-electron chi connectivity index (χ4n) is 3.79. The van der Waals surface area contributed by atoms with Crippen LogP contribution >= 0.6 is 0 Å². The Bertz CT molecular complexity index is 1350. The normalized spacial score (nSPS) is 10.7. The lowest BCUT2D eigenvalue weighted by Crippen LogP contribution is -2.00. The highest BCUT2D eigenvalue weighted by Gasteiger charge is 2.16. The van der Waals surface area contributed by atoms with E-state index in [1.54, 1.807) is 78.9 Å². The Kier molecular flexibility index (Phi) is 8.52. The molecule has 0 amide bonds. The van der Waals surface area contributed by atoms with Crippen LogP contribution in [0.2, 0.25) is 0 Å². The van der Waals surface area contributed by atoms with Gasteiger partial charge in [0.1, 0.15) is 18.1 Å². The van der Waals surface area contributed by atoms with Crippen molar-refractivity contribution in [3.8, 4) is 39.5 Å². The van der Waals surface area contributed by atoms with Crippen molar-refractivity contribution in [2.45, 2.75) is 20.0 Å². The molecular weight excluding hydrogens is 477 g/mol. The van der Waals surface area contributed by atoms with Crippen molar-refractivity contribution < 1.29 is 27.4 Å². The van der Waals surface area contributed by atoms with E-state index in [1.807, 2.05) is 6.92 Å². The third kappa shape index (κ3) is 6.33. The van der Waals surface area contributed by atoms with E-state index in [0.717, 1.165) is 0 Å². The predicted octanol–water partition coefficient (Wildman–Crippen LogP) is 8.37. The van der Waals surface area contributed by atoms with Gasteiger partial charge in [0, 0.05) is 11.1 Å². The minimum Gasteiger partial charge on any atom is -0.494 e. The van der Waals surface area contributed by atoms with Gasteiger partial charge in [-0.05, 0) is 66.4 Å². The molecule has 37 heavy (non-hydrogen) atoms. The van der Waals surface area contributed by atoms with Gasteiger partial charge in [0.05, 0.1) is 13.2 Å². The predicted molar refractivity (Wildman–Crippen MR) is 139 cm³/mol. The molecule has 0 spiro atoms. The smallest absolute Gasteiger partial charge is 0.167 e. The van der Waals surface area contributed by atoms with E-state index in [1.165, 1.54) is 6.07 Å².